The fraction of sp³-hybridized carbons (Fsp3) is 0.333. The fourth-order valence-electron chi connectivity index (χ4n) is 1.28. The Morgan fingerprint density at radius 1 is 1.26 bits per heavy atom. The Bertz CT molecular complexity index is 521. The Labute approximate surface area is 133 Å². The van der Waals surface area contributed by atoms with Crippen molar-refractivity contribution in [3.8, 4) is 5.75 Å². The van der Waals surface area contributed by atoms with Crippen molar-refractivity contribution >= 4 is 50.8 Å². The zero-order chi connectivity index (χ0) is 13.5. The van der Waals surface area contributed by atoms with E-state index in [1.807, 2.05) is 24.3 Å². The minimum absolute atomic E-state index is 0.664. The smallest absolute Gasteiger partial charge is 0.175 e. The molecule has 0 unspecified atom stereocenters. The first-order valence-electron chi connectivity index (χ1n) is 5.75. The highest BCUT2D eigenvalue weighted by Crippen LogP contribution is 2.28. The van der Waals surface area contributed by atoms with Gasteiger partial charge in [-0.15, -0.1) is 10.2 Å². The summed E-state index contributed by atoms with van der Waals surface area (Å²) in [5.74, 6) is 2.79. The number of hydrogen-bond donors (Lipinski definition) is 0. The molecule has 2 rings (SSSR count). The minimum atomic E-state index is 0.664. The molecule has 0 N–H and O–H groups in total. The van der Waals surface area contributed by atoms with Gasteiger partial charge in [-0.3, -0.25) is 0 Å². The highest BCUT2D eigenvalue weighted by atomic mass is 79.9. The van der Waals surface area contributed by atoms with Gasteiger partial charge in [-0.25, -0.2) is 0 Å². The molecular formula is C12H13BrN2OS3. The summed E-state index contributed by atoms with van der Waals surface area (Å²) in [5, 5.41) is 8.26. The van der Waals surface area contributed by atoms with Crippen molar-refractivity contribution in [1.29, 1.82) is 0 Å². The number of hydrogen-bond acceptors (Lipinski definition) is 6. The molecule has 0 aliphatic heterocycles. The van der Waals surface area contributed by atoms with E-state index in [4.69, 9.17) is 4.74 Å². The molecule has 0 radical (unpaired) electrons. The van der Waals surface area contributed by atoms with Crippen LogP contribution in [0.5, 0.6) is 5.75 Å². The van der Waals surface area contributed by atoms with Crippen LogP contribution in [0.3, 0.4) is 0 Å². The van der Waals surface area contributed by atoms with E-state index < -0.39 is 0 Å². The van der Waals surface area contributed by atoms with Crippen molar-refractivity contribution in [3.63, 3.8) is 0 Å². The molecule has 2 aromatic rings. The van der Waals surface area contributed by atoms with Crippen LogP contribution in [-0.2, 0) is 0 Å². The van der Waals surface area contributed by atoms with E-state index in [1.54, 1.807) is 34.9 Å². The predicted octanol–water partition coefficient (Wildman–Crippen LogP) is 4.58. The molecule has 0 saturated carbocycles. The highest BCUT2D eigenvalue weighted by Gasteiger charge is 2.04. The van der Waals surface area contributed by atoms with Crippen molar-refractivity contribution in [2.45, 2.75) is 15.6 Å². The van der Waals surface area contributed by atoms with Crippen LogP contribution < -0.4 is 4.74 Å². The van der Waals surface area contributed by atoms with E-state index in [0.717, 1.165) is 30.4 Å². The zero-order valence-electron chi connectivity index (χ0n) is 10.3. The van der Waals surface area contributed by atoms with E-state index >= 15 is 0 Å². The summed E-state index contributed by atoms with van der Waals surface area (Å²) >= 11 is 8.48. The van der Waals surface area contributed by atoms with Crippen LogP contribution in [0.2, 0.25) is 0 Å². The zero-order valence-corrected chi connectivity index (χ0v) is 14.4. The molecule has 0 aliphatic carbocycles. The second-order valence-electron chi connectivity index (χ2n) is 3.42. The number of ether oxygens (including phenoxy) is 1. The summed E-state index contributed by atoms with van der Waals surface area (Å²) in [6.45, 7) is 2.78. The van der Waals surface area contributed by atoms with Gasteiger partial charge in [-0.05, 0) is 24.0 Å². The topological polar surface area (TPSA) is 35.0 Å². The van der Waals surface area contributed by atoms with Crippen LogP contribution >= 0.6 is 50.8 Å². The Morgan fingerprint density at radius 3 is 2.79 bits per heavy atom. The lowest BCUT2D eigenvalue weighted by Crippen LogP contribution is -1.99. The lowest BCUT2D eigenvalue weighted by atomic mass is 10.3. The quantitative estimate of drug-likeness (QED) is 0.521. The van der Waals surface area contributed by atoms with Gasteiger partial charge < -0.3 is 4.74 Å². The molecular weight excluding hydrogens is 364 g/mol. The van der Waals surface area contributed by atoms with Gasteiger partial charge >= 0.3 is 0 Å². The van der Waals surface area contributed by atoms with Crippen LogP contribution in [-0.4, -0.2) is 28.3 Å². The number of rotatable bonds is 7. The second-order valence-corrected chi connectivity index (χ2v) is 8.17. The number of benzene rings is 1. The number of halogens is 1. The van der Waals surface area contributed by atoms with E-state index in [1.165, 1.54) is 0 Å². The van der Waals surface area contributed by atoms with E-state index in [-0.39, 0.29) is 0 Å². The maximum atomic E-state index is 5.66. The molecule has 102 valence electrons. The molecule has 1 aromatic heterocycles. The largest absolute Gasteiger partial charge is 0.493 e. The number of aromatic nitrogens is 2. The van der Waals surface area contributed by atoms with Crippen molar-refractivity contribution < 1.29 is 4.74 Å². The Kier molecular flexibility index (Phi) is 6.49. The molecule has 1 heterocycles. The van der Waals surface area contributed by atoms with Gasteiger partial charge in [0.1, 0.15) is 5.75 Å². The van der Waals surface area contributed by atoms with Crippen LogP contribution in [0.4, 0.5) is 0 Å². The Hall–Kier alpha value is -0.240. The van der Waals surface area contributed by atoms with Crippen molar-refractivity contribution in [1.82, 2.24) is 10.2 Å². The van der Waals surface area contributed by atoms with Crippen molar-refractivity contribution in [3.05, 3.63) is 28.7 Å². The average molecular weight is 377 g/mol. The van der Waals surface area contributed by atoms with E-state index in [9.17, 15) is 0 Å². The molecule has 0 amide bonds. The van der Waals surface area contributed by atoms with E-state index in [2.05, 4.69) is 33.1 Å². The van der Waals surface area contributed by atoms with Crippen LogP contribution in [0, 0.1) is 0 Å². The van der Waals surface area contributed by atoms with Gasteiger partial charge in [0.05, 0.1) is 6.61 Å². The summed E-state index contributed by atoms with van der Waals surface area (Å²) in [4.78, 5) is 0. The molecule has 19 heavy (non-hydrogen) atoms. The predicted molar refractivity (Wildman–Crippen MR) is 86.7 cm³/mol. The molecule has 0 bridgehead atoms. The van der Waals surface area contributed by atoms with Crippen LogP contribution in [0.1, 0.15) is 6.92 Å². The van der Waals surface area contributed by atoms with Gasteiger partial charge in [0.15, 0.2) is 8.68 Å². The highest BCUT2D eigenvalue weighted by molar-refractivity contribution is 9.10. The molecule has 0 atom stereocenters. The number of thioether (sulfide) groups is 2. The first-order chi connectivity index (χ1) is 9.28. The first kappa shape index (κ1) is 15.2. The van der Waals surface area contributed by atoms with Crippen LogP contribution in [0.15, 0.2) is 37.4 Å². The molecule has 0 aliphatic rings. The third kappa shape index (κ3) is 5.33. The number of nitrogens with zero attached hydrogens (tertiary/aromatic N) is 2. The van der Waals surface area contributed by atoms with Crippen molar-refractivity contribution in [2.24, 2.45) is 0 Å². The standard InChI is InChI=1S/C12H13BrN2OS3/c1-2-17-11-14-15-12(19-11)18-7-6-16-10-5-3-4-9(13)8-10/h3-5,8H,2,6-7H2,1H3. The van der Waals surface area contributed by atoms with Gasteiger partial charge in [0, 0.05) is 10.2 Å². The lowest BCUT2D eigenvalue weighted by Gasteiger charge is -2.04. The van der Waals surface area contributed by atoms with E-state index in [0.29, 0.717) is 6.61 Å². The summed E-state index contributed by atoms with van der Waals surface area (Å²) in [7, 11) is 0. The summed E-state index contributed by atoms with van der Waals surface area (Å²) in [5.41, 5.74) is 0. The molecule has 1 aromatic carbocycles. The third-order valence-corrected chi connectivity index (χ3v) is 5.56. The Morgan fingerprint density at radius 2 is 2.05 bits per heavy atom. The maximum Gasteiger partial charge on any atom is 0.175 e. The fourth-order valence-corrected chi connectivity index (χ4v) is 4.47. The summed E-state index contributed by atoms with van der Waals surface area (Å²) < 4.78 is 8.74. The van der Waals surface area contributed by atoms with Crippen LogP contribution in [0.25, 0.3) is 0 Å². The second kappa shape index (κ2) is 8.14. The molecule has 3 nitrogen and oxygen atoms in total. The Balaban J connectivity index is 1.71. The normalized spacial score (nSPS) is 10.6. The lowest BCUT2D eigenvalue weighted by molar-refractivity contribution is 0.344. The SMILES string of the molecule is CCSc1nnc(SCCOc2cccc(Br)c2)s1. The van der Waals surface area contributed by atoms with Gasteiger partial charge in [-0.2, -0.15) is 0 Å². The molecule has 0 saturated heterocycles. The molecule has 0 spiro atoms. The van der Waals surface area contributed by atoms with Crippen molar-refractivity contribution in [2.75, 3.05) is 18.1 Å². The van der Waals surface area contributed by atoms with Gasteiger partial charge in [-0.1, -0.05) is 63.8 Å². The first-order valence-corrected chi connectivity index (χ1v) is 9.33. The minimum Gasteiger partial charge on any atom is -0.493 e. The maximum absolute atomic E-state index is 5.66. The van der Waals surface area contributed by atoms with Gasteiger partial charge in [0.2, 0.25) is 0 Å². The average Bonchev–Trinajstić information content (AvgIpc) is 2.83. The third-order valence-electron chi connectivity index (χ3n) is 2.03. The monoisotopic (exact) mass is 376 g/mol. The molecule has 7 heteroatoms. The summed E-state index contributed by atoms with van der Waals surface area (Å²) in [6.07, 6.45) is 0. The summed E-state index contributed by atoms with van der Waals surface area (Å²) in [6, 6.07) is 7.86. The molecule has 0 fully saturated rings. The van der Waals surface area contributed by atoms with Gasteiger partial charge in [0.25, 0.3) is 0 Å².